The maximum Gasteiger partial charge on any atom is 0.295 e. The number of aromatic nitrogens is 2. The molecule has 3 heterocycles. The number of amides is 1. The number of nitrogens with zero attached hydrogens (tertiary/aromatic N) is 4. The van der Waals surface area contributed by atoms with E-state index in [1.54, 1.807) is 4.90 Å². The Hall–Kier alpha value is -3.65. The van der Waals surface area contributed by atoms with E-state index in [2.05, 4.69) is 4.98 Å². The maximum absolute atomic E-state index is 13.3. The number of pyridine rings is 1. The monoisotopic (exact) mass is 476 g/mol. The van der Waals surface area contributed by atoms with Crippen LogP contribution in [0.5, 0.6) is 5.75 Å². The van der Waals surface area contributed by atoms with Gasteiger partial charge in [-0.25, -0.2) is 4.98 Å². The second-order valence-corrected chi connectivity index (χ2v) is 9.09. The van der Waals surface area contributed by atoms with Gasteiger partial charge in [0, 0.05) is 12.7 Å². The first-order valence-corrected chi connectivity index (χ1v) is 11.8. The molecule has 35 heavy (non-hydrogen) atoms. The number of aryl methyl sites for hydroxylation is 2. The van der Waals surface area contributed by atoms with Gasteiger partial charge in [-0.05, 0) is 77.2 Å². The second kappa shape index (κ2) is 9.92. The van der Waals surface area contributed by atoms with E-state index in [0.29, 0.717) is 47.9 Å². The van der Waals surface area contributed by atoms with Crippen molar-refractivity contribution in [1.82, 2.24) is 19.2 Å². The van der Waals surface area contributed by atoms with Gasteiger partial charge in [-0.3, -0.25) is 9.59 Å². The smallest absolute Gasteiger partial charge is 0.295 e. The summed E-state index contributed by atoms with van der Waals surface area (Å²) in [6.07, 6.45) is 2.55. The van der Waals surface area contributed by atoms with Crippen molar-refractivity contribution in [1.29, 1.82) is 0 Å². The van der Waals surface area contributed by atoms with E-state index in [1.165, 1.54) is 0 Å². The summed E-state index contributed by atoms with van der Waals surface area (Å²) in [5.41, 5.74) is 3.40. The number of Topliss-reactive ketones (excluding diaryl/α,β-unsaturated/α-hetero) is 1. The number of carbonyl (C=O) groups is 2. The Bertz CT molecular complexity index is 1310. The third kappa shape index (κ3) is 4.53. The van der Waals surface area contributed by atoms with Gasteiger partial charge in [0.15, 0.2) is 5.76 Å². The number of ether oxygens (including phenoxy) is 1. The molecular formula is C27H32N4O4. The molecule has 1 unspecified atom stereocenters. The van der Waals surface area contributed by atoms with Crippen LogP contribution in [0.15, 0.2) is 48.2 Å². The summed E-state index contributed by atoms with van der Waals surface area (Å²) in [5, 5.41) is 11.5. The van der Waals surface area contributed by atoms with Gasteiger partial charge in [-0.2, -0.15) is 0 Å². The zero-order valence-electron chi connectivity index (χ0n) is 20.9. The lowest BCUT2D eigenvalue weighted by Gasteiger charge is -2.26. The third-order valence-corrected chi connectivity index (χ3v) is 6.34. The average Bonchev–Trinajstić information content (AvgIpc) is 3.29. The topological polar surface area (TPSA) is 87.4 Å². The summed E-state index contributed by atoms with van der Waals surface area (Å²) in [6, 6.07) is 10.5. The SMILES string of the molecule is CCOc1cccc(C2/C(=C(\O)c3nc4c(C)cccn4c3C)C(=O)C(=O)N2CCCN(C)C)c1. The third-order valence-electron chi connectivity index (χ3n) is 6.34. The van der Waals surface area contributed by atoms with Gasteiger partial charge >= 0.3 is 0 Å². The molecule has 8 heteroatoms. The molecule has 1 amide bonds. The zero-order chi connectivity index (χ0) is 25.3. The fourth-order valence-electron chi connectivity index (χ4n) is 4.63. The first kappa shape index (κ1) is 24.5. The highest BCUT2D eigenvalue weighted by molar-refractivity contribution is 6.46. The summed E-state index contributed by atoms with van der Waals surface area (Å²) in [7, 11) is 3.93. The quantitative estimate of drug-likeness (QED) is 0.303. The zero-order valence-corrected chi connectivity index (χ0v) is 20.9. The summed E-state index contributed by atoms with van der Waals surface area (Å²) < 4.78 is 7.55. The minimum atomic E-state index is -0.733. The van der Waals surface area contributed by atoms with Crippen molar-refractivity contribution in [2.24, 2.45) is 0 Å². The predicted molar refractivity (Wildman–Crippen MR) is 134 cm³/mol. The summed E-state index contributed by atoms with van der Waals surface area (Å²) in [4.78, 5) is 34.8. The van der Waals surface area contributed by atoms with Crippen molar-refractivity contribution in [3.05, 3.63) is 70.7 Å². The first-order chi connectivity index (χ1) is 16.7. The number of imidazole rings is 1. The maximum atomic E-state index is 13.3. The number of likely N-dealkylation sites (tertiary alicyclic amines) is 1. The molecule has 1 N–H and O–H groups in total. The lowest BCUT2D eigenvalue weighted by atomic mass is 9.96. The second-order valence-electron chi connectivity index (χ2n) is 9.09. The molecule has 184 valence electrons. The minimum Gasteiger partial charge on any atom is -0.505 e. The van der Waals surface area contributed by atoms with Gasteiger partial charge in [0.2, 0.25) is 0 Å². The number of ketones is 1. The normalized spacial score (nSPS) is 17.7. The summed E-state index contributed by atoms with van der Waals surface area (Å²) in [5.74, 6) is -0.934. The van der Waals surface area contributed by atoms with Gasteiger partial charge < -0.3 is 24.0 Å². The Balaban J connectivity index is 1.87. The van der Waals surface area contributed by atoms with Gasteiger partial charge in [0.25, 0.3) is 11.7 Å². The molecule has 0 aliphatic carbocycles. The van der Waals surface area contributed by atoms with Crippen LogP contribution in [-0.2, 0) is 9.59 Å². The van der Waals surface area contributed by atoms with Crippen LogP contribution in [0.3, 0.4) is 0 Å². The van der Waals surface area contributed by atoms with E-state index in [0.717, 1.165) is 12.1 Å². The van der Waals surface area contributed by atoms with Crippen LogP contribution >= 0.6 is 0 Å². The molecule has 1 saturated heterocycles. The van der Waals surface area contributed by atoms with Gasteiger partial charge in [0.1, 0.15) is 17.1 Å². The van der Waals surface area contributed by atoms with Crippen molar-refractivity contribution in [2.45, 2.75) is 33.2 Å². The molecular weight excluding hydrogens is 444 g/mol. The Morgan fingerprint density at radius 2 is 1.94 bits per heavy atom. The van der Waals surface area contributed by atoms with E-state index in [4.69, 9.17) is 4.74 Å². The molecule has 3 aromatic rings. The van der Waals surface area contributed by atoms with E-state index in [1.807, 2.05) is 86.8 Å². The molecule has 1 aromatic carbocycles. The number of aliphatic hydroxyl groups is 1. The number of benzene rings is 1. The number of fused-ring (bicyclic) bond motifs is 1. The Morgan fingerprint density at radius 3 is 2.63 bits per heavy atom. The summed E-state index contributed by atoms with van der Waals surface area (Å²) in [6.45, 7) is 7.31. The predicted octanol–water partition coefficient (Wildman–Crippen LogP) is 3.72. The highest BCUT2D eigenvalue weighted by Gasteiger charge is 2.46. The van der Waals surface area contributed by atoms with Crippen LogP contribution in [-0.4, -0.2) is 69.8 Å². The van der Waals surface area contributed by atoms with Crippen molar-refractivity contribution < 1.29 is 19.4 Å². The Kier molecular flexibility index (Phi) is 6.93. The molecule has 1 aliphatic heterocycles. The fourth-order valence-corrected chi connectivity index (χ4v) is 4.63. The Labute approximate surface area is 205 Å². The highest BCUT2D eigenvalue weighted by Crippen LogP contribution is 2.40. The lowest BCUT2D eigenvalue weighted by Crippen LogP contribution is -2.32. The van der Waals surface area contributed by atoms with E-state index in [-0.39, 0.29) is 11.3 Å². The van der Waals surface area contributed by atoms with Crippen molar-refractivity contribution >= 4 is 23.1 Å². The van der Waals surface area contributed by atoms with Crippen molar-refractivity contribution in [3.63, 3.8) is 0 Å². The van der Waals surface area contributed by atoms with E-state index >= 15 is 0 Å². The minimum absolute atomic E-state index is 0.0534. The first-order valence-electron chi connectivity index (χ1n) is 11.8. The highest BCUT2D eigenvalue weighted by atomic mass is 16.5. The van der Waals surface area contributed by atoms with Crippen LogP contribution in [0, 0.1) is 13.8 Å². The number of hydrogen-bond acceptors (Lipinski definition) is 6. The number of rotatable bonds is 8. The molecule has 0 radical (unpaired) electrons. The lowest BCUT2D eigenvalue weighted by molar-refractivity contribution is -0.139. The summed E-state index contributed by atoms with van der Waals surface area (Å²) >= 11 is 0. The molecule has 8 nitrogen and oxygen atoms in total. The van der Waals surface area contributed by atoms with Crippen LogP contribution in [0.25, 0.3) is 11.4 Å². The molecule has 4 rings (SSSR count). The molecule has 2 aromatic heterocycles. The molecule has 1 aliphatic rings. The average molecular weight is 477 g/mol. The van der Waals surface area contributed by atoms with Crippen LogP contribution in [0.1, 0.15) is 41.9 Å². The number of hydrogen-bond donors (Lipinski definition) is 1. The van der Waals surface area contributed by atoms with Crippen LogP contribution in [0.4, 0.5) is 0 Å². The van der Waals surface area contributed by atoms with Crippen LogP contribution in [0.2, 0.25) is 0 Å². The molecule has 1 fully saturated rings. The molecule has 1 atom stereocenters. The van der Waals surface area contributed by atoms with Gasteiger partial charge in [0.05, 0.1) is 23.9 Å². The Morgan fingerprint density at radius 1 is 1.17 bits per heavy atom. The van der Waals surface area contributed by atoms with E-state index in [9.17, 15) is 14.7 Å². The van der Waals surface area contributed by atoms with E-state index < -0.39 is 17.7 Å². The molecule has 0 saturated carbocycles. The van der Waals surface area contributed by atoms with Crippen molar-refractivity contribution in [2.75, 3.05) is 33.8 Å². The number of carbonyl (C=O) groups excluding carboxylic acids is 2. The fraction of sp³-hybridized carbons (Fsp3) is 0.370. The molecule has 0 spiro atoms. The standard InChI is InChI=1S/C27H32N4O4/c1-6-35-20-12-7-11-19(16-20)23-21(25(33)27(34)31(23)15-9-13-29(4)5)24(32)22-18(3)30-14-8-10-17(2)26(30)28-22/h7-8,10-12,14,16,23,32H,6,9,13,15H2,1-5H3/b24-21+. The molecule has 0 bridgehead atoms. The van der Waals surface area contributed by atoms with Crippen molar-refractivity contribution in [3.8, 4) is 5.75 Å². The largest absolute Gasteiger partial charge is 0.505 e. The van der Waals surface area contributed by atoms with Gasteiger partial charge in [-0.1, -0.05) is 18.2 Å². The van der Waals surface area contributed by atoms with Crippen LogP contribution < -0.4 is 4.74 Å². The van der Waals surface area contributed by atoms with Gasteiger partial charge in [-0.15, -0.1) is 0 Å². The number of aliphatic hydroxyl groups excluding tert-OH is 1.